The monoisotopic (exact) mass is 427 g/mol. The normalized spacial score (nSPS) is 15.2. The summed E-state index contributed by atoms with van der Waals surface area (Å²) in [5.41, 5.74) is 7.62. The maximum Gasteiger partial charge on any atom is 0.123 e. The number of fused-ring (bicyclic) bond motifs is 1. The number of imidazole rings is 1. The zero-order valence-electron chi connectivity index (χ0n) is 18.4. The van der Waals surface area contributed by atoms with Crippen molar-refractivity contribution < 1.29 is 9.13 Å². The lowest BCUT2D eigenvalue weighted by molar-refractivity contribution is 0.0921. The van der Waals surface area contributed by atoms with Crippen LogP contribution in [0.15, 0.2) is 67.0 Å². The van der Waals surface area contributed by atoms with Crippen LogP contribution in [-0.2, 0) is 17.8 Å². The predicted molar refractivity (Wildman–Crippen MR) is 124 cm³/mol. The number of halogens is 1. The van der Waals surface area contributed by atoms with Gasteiger partial charge in [-0.3, -0.25) is 4.98 Å². The molecule has 0 bridgehead atoms. The Morgan fingerprint density at radius 1 is 1.00 bits per heavy atom. The highest BCUT2D eigenvalue weighted by atomic mass is 19.1. The Labute approximate surface area is 187 Å². The Morgan fingerprint density at radius 3 is 2.56 bits per heavy atom. The summed E-state index contributed by atoms with van der Waals surface area (Å²) in [6.07, 6.45) is 5.49. The van der Waals surface area contributed by atoms with E-state index in [-0.39, 0.29) is 11.9 Å². The Hall–Kier alpha value is -3.31. The molecule has 1 aliphatic heterocycles. The van der Waals surface area contributed by atoms with Gasteiger partial charge in [0.15, 0.2) is 0 Å². The lowest BCUT2D eigenvalue weighted by atomic mass is 10.0. The summed E-state index contributed by atoms with van der Waals surface area (Å²) in [6, 6.07) is 17.3. The van der Waals surface area contributed by atoms with Gasteiger partial charge >= 0.3 is 0 Å². The summed E-state index contributed by atoms with van der Waals surface area (Å²) in [5.74, 6) is 0.806. The maximum atomic E-state index is 13.5. The molecule has 32 heavy (non-hydrogen) atoms. The fraction of sp³-hybridized carbons (Fsp3) is 0.259. The molecule has 0 aliphatic carbocycles. The molecule has 0 amide bonds. The van der Waals surface area contributed by atoms with Crippen molar-refractivity contribution in [1.82, 2.24) is 14.5 Å². The molecule has 5 heteroatoms. The molecule has 0 unspecified atom stereocenters. The number of aryl methyl sites for hydroxylation is 3. The number of aromatic nitrogens is 3. The molecule has 0 radical (unpaired) electrons. The van der Waals surface area contributed by atoms with Crippen LogP contribution in [0, 0.1) is 19.7 Å². The standard InChI is InChI=1S/C27H26FN3O/c1-18-3-4-19(2)22(15-18)16-32-17-24-9-10-25-30-26(20-5-7-23(28)8-6-20)27(31(24)25)21-11-13-29-14-12-21/h3-8,11-15,24H,9-10,16-17H2,1-2H3/t24-/m0/s1. The van der Waals surface area contributed by atoms with Gasteiger partial charge in [0, 0.05) is 29.9 Å². The van der Waals surface area contributed by atoms with Crippen LogP contribution in [-0.4, -0.2) is 21.1 Å². The SMILES string of the molecule is Cc1ccc(C)c(COC[C@@H]2CCc3nc(-c4ccc(F)cc4)c(-c4ccncc4)n32)c1. The van der Waals surface area contributed by atoms with E-state index in [0.717, 1.165) is 41.2 Å². The van der Waals surface area contributed by atoms with Gasteiger partial charge < -0.3 is 9.30 Å². The van der Waals surface area contributed by atoms with Crippen LogP contribution in [0.2, 0.25) is 0 Å². The van der Waals surface area contributed by atoms with E-state index >= 15 is 0 Å². The number of ether oxygens (including phenoxy) is 1. The first-order chi connectivity index (χ1) is 15.6. The predicted octanol–water partition coefficient (Wildman–Crippen LogP) is 6.07. The van der Waals surface area contributed by atoms with Gasteiger partial charge in [0.1, 0.15) is 11.6 Å². The van der Waals surface area contributed by atoms with Crippen LogP contribution < -0.4 is 0 Å². The summed E-state index contributed by atoms with van der Waals surface area (Å²) >= 11 is 0. The molecule has 162 valence electrons. The fourth-order valence-electron chi connectivity index (χ4n) is 4.49. The zero-order chi connectivity index (χ0) is 22.1. The molecular formula is C27H26FN3O. The van der Waals surface area contributed by atoms with Gasteiger partial charge in [-0.25, -0.2) is 9.37 Å². The van der Waals surface area contributed by atoms with Gasteiger partial charge in [-0.1, -0.05) is 23.8 Å². The quantitative estimate of drug-likeness (QED) is 0.375. The molecule has 0 fully saturated rings. The Kier molecular flexibility index (Phi) is 5.58. The Balaban J connectivity index is 1.46. The average molecular weight is 428 g/mol. The fourth-order valence-corrected chi connectivity index (χ4v) is 4.49. The van der Waals surface area contributed by atoms with E-state index in [2.05, 4.69) is 41.6 Å². The Morgan fingerprint density at radius 2 is 1.78 bits per heavy atom. The molecule has 0 spiro atoms. The van der Waals surface area contributed by atoms with Crippen molar-refractivity contribution in [2.24, 2.45) is 0 Å². The van der Waals surface area contributed by atoms with Gasteiger partial charge in [0.05, 0.1) is 30.6 Å². The first-order valence-electron chi connectivity index (χ1n) is 11.0. The van der Waals surface area contributed by atoms with Crippen molar-refractivity contribution in [3.05, 3.63) is 95.3 Å². The van der Waals surface area contributed by atoms with Crippen molar-refractivity contribution in [2.75, 3.05) is 6.61 Å². The number of pyridine rings is 1. The number of hydrogen-bond donors (Lipinski definition) is 0. The minimum Gasteiger partial charge on any atom is -0.375 e. The lowest BCUT2D eigenvalue weighted by Gasteiger charge is -2.18. The van der Waals surface area contributed by atoms with Crippen LogP contribution in [0.25, 0.3) is 22.5 Å². The van der Waals surface area contributed by atoms with Gasteiger partial charge in [0.25, 0.3) is 0 Å². The molecule has 2 aromatic carbocycles. The van der Waals surface area contributed by atoms with E-state index in [1.807, 2.05) is 12.1 Å². The molecule has 1 atom stereocenters. The molecule has 0 saturated carbocycles. The topological polar surface area (TPSA) is 39.9 Å². The molecule has 2 aromatic heterocycles. The highest BCUT2D eigenvalue weighted by molar-refractivity contribution is 5.79. The molecular weight excluding hydrogens is 401 g/mol. The number of hydrogen-bond acceptors (Lipinski definition) is 3. The first kappa shape index (κ1) is 20.6. The summed E-state index contributed by atoms with van der Waals surface area (Å²) in [6.45, 7) is 5.45. The first-order valence-corrected chi connectivity index (χ1v) is 11.0. The second kappa shape index (κ2) is 8.67. The summed E-state index contributed by atoms with van der Waals surface area (Å²) in [5, 5.41) is 0. The van der Waals surface area contributed by atoms with Crippen LogP contribution >= 0.6 is 0 Å². The molecule has 5 rings (SSSR count). The van der Waals surface area contributed by atoms with E-state index in [1.165, 1.54) is 28.8 Å². The van der Waals surface area contributed by atoms with E-state index in [1.54, 1.807) is 24.5 Å². The third-order valence-electron chi connectivity index (χ3n) is 6.19. The molecule has 3 heterocycles. The smallest absolute Gasteiger partial charge is 0.123 e. The molecule has 4 nitrogen and oxygen atoms in total. The average Bonchev–Trinajstić information content (AvgIpc) is 3.37. The summed E-state index contributed by atoms with van der Waals surface area (Å²) in [4.78, 5) is 9.15. The minimum absolute atomic E-state index is 0.208. The highest BCUT2D eigenvalue weighted by Crippen LogP contribution is 2.39. The number of benzene rings is 2. The van der Waals surface area contributed by atoms with Gasteiger partial charge in [-0.05, 0) is 67.8 Å². The second-order valence-electron chi connectivity index (χ2n) is 8.48. The second-order valence-corrected chi connectivity index (χ2v) is 8.48. The summed E-state index contributed by atoms with van der Waals surface area (Å²) < 4.78 is 22.1. The van der Waals surface area contributed by atoms with Crippen molar-refractivity contribution >= 4 is 0 Å². The Bertz CT molecular complexity index is 1230. The summed E-state index contributed by atoms with van der Waals surface area (Å²) in [7, 11) is 0. The lowest BCUT2D eigenvalue weighted by Crippen LogP contribution is -2.13. The van der Waals surface area contributed by atoms with E-state index in [9.17, 15) is 4.39 Å². The third-order valence-corrected chi connectivity index (χ3v) is 6.19. The highest BCUT2D eigenvalue weighted by Gasteiger charge is 2.30. The van der Waals surface area contributed by atoms with Crippen molar-refractivity contribution in [1.29, 1.82) is 0 Å². The van der Waals surface area contributed by atoms with Crippen molar-refractivity contribution in [3.63, 3.8) is 0 Å². The van der Waals surface area contributed by atoms with Gasteiger partial charge in [0.2, 0.25) is 0 Å². The van der Waals surface area contributed by atoms with Crippen LogP contribution in [0.5, 0.6) is 0 Å². The van der Waals surface area contributed by atoms with E-state index < -0.39 is 0 Å². The maximum absolute atomic E-state index is 13.5. The van der Waals surface area contributed by atoms with Crippen LogP contribution in [0.3, 0.4) is 0 Å². The zero-order valence-corrected chi connectivity index (χ0v) is 18.4. The van der Waals surface area contributed by atoms with E-state index in [0.29, 0.717) is 13.2 Å². The van der Waals surface area contributed by atoms with Gasteiger partial charge in [-0.2, -0.15) is 0 Å². The molecule has 4 aromatic rings. The molecule has 0 saturated heterocycles. The van der Waals surface area contributed by atoms with Crippen molar-refractivity contribution in [2.45, 2.75) is 39.3 Å². The molecule has 0 N–H and O–H groups in total. The number of rotatable bonds is 6. The minimum atomic E-state index is -0.247. The van der Waals surface area contributed by atoms with Crippen molar-refractivity contribution in [3.8, 4) is 22.5 Å². The van der Waals surface area contributed by atoms with E-state index in [4.69, 9.17) is 9.72 Å². The van der Waals surface area contributed by atoms with Gasteiger partial charge in [-0.15, -0.1) is 0 Å². The third kappa shape index (κ3) is 3.96. The van der Waals surface area contributed by atoms with Crippen LogP contribution in [0.1, 0.15) is 35.0 Å². The largest absolute Gasteiger partial charge is 0.375 e. The number of nitrogens with zero attached hydrogens (tertiary/aromatic N) is 3. The van der Waals surface area contributed by atoms with Crippen LogP contribution in [0.4, 0.5) is 4.39 Å². The molecule has 1 aliphatic rings.